The third kappa shape index (κ3) is 4.75. The first kappa shape index (κ1) is 16.8. The number of rotatable bonds is 7. The van der Waals surface area contributed by atoms with Crippen molar-refractivity contribution in [3.05, 3.63) is 51.2 Å². The summed E-state index contributed by atoms with van der Waals surface area (Å²) >= 11 is 7.22. The summed E-state index contributed by atoms with van der Waals surface area (Å²) < 4.78 is 6.24. The average Bonchev–Trinajstić information content (AvgIpc) is 2.89. The number of carboxylic acid groups (broad SMARTS) is 1. The molecule has 1 N–H and O–H groups in total. The summed E-state index contributed by atoms with van der Waals surface area (Å²) in [5.41, 5.74) is 0.966. The van der Waals surface area contributed by atoms with Crippen LogP contribution in [0.25, 0.3) is 0 Å². The molecule has 0 fully saturated rings. The quantitative estimate of drug-likeness (QED) is 0.785. The normalized spacial score (nSPS) is 12.4. The summed E-state index contributed by atoms with van der Waals surface area (Å²) in [6, 6.07) is 11.1. The molecule has 22 heavy (non-hydrogen) atoms. The van der Waals surface area contributed by atoms with Crippen LogP contribution in [0.5, 0.6) is 5.75 Å². The molecule has 2 rings (SSSR count). The molecule has 0 bridgehead atoms. The zero-order chi connectivity index (χ0) is 16.1. The van der Waals surface area contributed by atoms with Gasteiger partial charge >= 0.3 is 5.97 Å². The highest BCUT2D eigenvalue weighted by atomic mass is 35.5. The molecule has 1 aromatic carbocycles. The van der Waals surface area contributed by atoms with E-state index in [1.165, 1.54) is 11.3 Å². The smallest absolute Gasteiger partial charge is 0.312 e. The maximum atomic E-state index is 11.5. The van der Waals surface area contributed by atoms with Crippen LogP contribution in [0.4, 0.5) is 0 Å². The van der Waals surface area contributed by atoms with Gasteiger partial charge in [0.05, 0.1) is 16.9 Å². The number of hydrogen-bond donors (Lipinski definition) is 1. The Morgan fingerprint density at radius 1 is 1.23 bits per heavy atom. The number of thiophene rings is 1. The SMILES string of the molecule is CC(C)COc1ccc(CC(C(=O)O)c2ccc(Cl)s2)cc1. The molecule has 0 saturated carbocycles. The Morgan fingerprint density at radius 2 is 1.91 bits per heavy atom. The minimum absolute atomic E-state index is 0.441. The Balaban J connectivity index is 2.06. The van der Waals surface area contributed by atoms with Crippen molar-refractivity contribution in [3.63, 3.8) is 0 Å². The lowest BCUT2D eigenvalue weighted by Crippen LogP contribution is -2.13. The van der Waals surface area contributed by atoms with Gasteiger partial charge in [-0.2, -0.15) is 0 Å². The van der Waals surface area contributed by atoms with Crippen LogP contribution in [0.3, 0.4) is 0 Å². The summed E-state index contributed by atoms with van der Waals surface area (Å²) in [4.78, 5) is 12.3. The minimum Gasteiger partial charge on any atom is -0.493 e. The standard InChI is InChI=1S/C17H19ClO3S/c1-11(2)10-21-13-5-3-12(4-6-13)9-14(17(19)20)15-7-8-16(18)22-15/h3-8,11,14H,9-10H2,1-2H3,(H,19,20). The lowest BCUT2D eigenvalue weighted by Gasteiger charge is -2.12. The van der Waals surface area contributed by atoms with Gasteiger partial charge in [-0.3, -0.25) is 4.79 Å². The predicted octanol–water partition coefficient (Wildman–Crippen LogP) is 4.85. The number of aliphatic carboxylic acids is 1. The lowest BCUT2D eigenvalue weighted by molar-refractivity contribution is -0.138. The number of hydrogen-bond acceptors (Lipinski definition) is 3. The molecular weight excluding hydrogens is 320 g/mol. The molecule has 1 heterocycles. The molecule has 0 aliphatic rings. The van der Waals surface area contributed by atoms with Gasteiger partial charge in [0, 0.05) is 4.88 Å². The van der Waals surface area contributed by atoms with Crippen molar-refractivity contribution in [1.29, 1.82) is 0 Å². The maximum absolute atomic E-state index is 11.5. The Hall–Kier alpha value is -1.52. The number of ether oxygens (including phenoxy) is 1. The zero-order valence-corrected chi connectivity index (χ0v) is 14.2. The van der Waals surface area contributed by atoms with E-state index >= 15 is 0 Å². The Bertz CT molecular complexity index is 619. The molecule has 118 valence electrons. The highest BCUT2D eigenvalue weighted by Crippen LogP contribution is 2.31. The molecule has 1 aromatic heterocycles. The summed E-state index contributed by atoms with van der Waals surface area (Å²) in [5.74, 6) is -0.123. The van der Waals surface area contributed by atoms with Gasteiger partial charge in [0.15, 0.2) is 0 Å². The van der Waals surface area contributed by atoms with E-state index < -0.39 is 11.9 Å². The van der Waals surface area contributed by atoms with Gasteiger partial charge in [-0.1, -0.05) is 37.6 Å². The number of halogens is 1. The minimum atomic E-state index is -0.835. The van der Waals surface area contributed by atoms with Crippen molar-refractivity contribution in [3.8, 4) is 5.75 Å². The summed E-state index contributed by atoms with van der Waals surface area (Å²) in [6.07, 6.45) is 0.441. The second-order valence-electron chi connectivity index (χ2n) is 5.59. The van der Waals surface area contributed by atoms with E-state index in [9.17, 15) is 9.90 Å². The van der Waals surface area contributed by atoms with Crippen LogP contribution in [-0.4, -0.2) is 17.7 Å². The molecule has 0 saturated heterocycles. The molecule has 3 nitrogen and oxygen atoms in total. The van der Waals surface area contributed by atoms with Crippen LogP contribution >= 0.6 is 22.9 Å². The van der Waals surface area contributed by atoms with Crippen LogP contribution in [-0.2, 0) is 11.2 Å². The first-order valence-corrected chi connectivity index (χ1v) is 8.35. The van der Waals surface area contributed by atoms with E-state index in [1.807, 2.05) is 24.3 Å². The fourth-order valence-corrected chi connectivity index (χ4v) is 3.20. The van der Waals surface area contributed by atoms with Crippen LogP contribution < -0.4 is 4.74 Å². The summed E-state index contributed by atoms with van der Waals surface area (Å²) in [5, 5.41) is 9.44. The number of carbonyl (C=O) groups is 1. The van der Waals surface area contributed by atoms with Crippen molar-refractivity contribution < 1.29 is 14.6 Å². The first-order chi connectivity index (χ1) is 10.5. The first-order valence-electron chi connectivity index (χ1n) is 7.15. The number of benzene rings is 1. The summed E-state index contributed by atoms with van der Waals surface area (Å²) in [6.45, 7) is 4.86. The zero-order valence-electron chi connectivity index (χ0n) is 12.6. The van der Waals surface area contributed by atoms with E-state index in [0.29, 0.717) is 23.3 Å². The molecular formula is C17H19ClO3S. The second kappa shape index (κ2) is 7.65. The van der Waals surface area contributed by atoms with Crippen LogP contribution in [0.1, 0.15) is 30.2 Å². The summed E-state index contributed by atoms with van der Waals surface area (Å²) in [7, 11) is 0. The largest absolute Gasteiger partial charge is 0.493 e. The van der Waals surface area contributed by atoms with Crippen LogP contribution in [0.15, 0.2) is 36.4 Å². The molecule has 2 aromatic rings. The van der Waals surface area contributed by atoms with Gasteiger partial charge in [-0.05, 0) is 42.2 Å². The van der Waals surface area contributed by atoms with Gasteiger partial charge in [0.1, 0.15) is 5.75 Å². The van der Waals surface area contributed by atoms with Crippen molar-refractivity contribution >= 4 is 28.9 Å². The molecule has 1 unspecified atom stereocenters. The van der Waals surface area contributed by atoms with Gasteiger partial charge in [0.25, 0.3) is 0 Å². The highest BCUT2D eigenvalue weighted by molar-refractivity contribution is 7.16. The van der Waals surface area contributed by atoms with Crippen molar-refractivity contribution in [2.45, 2.75) is 26.2 Å². The fourth-order valence-electron chi connectivity index (χ4n) is 2.05. The van der Waals surface area contributed by atoms with Crippen molar-refractivity contribution in [1.82, 2.24) is 0 Å². The van der Waals surface area contributed by atoms with E-state index in [4.69, 9.17) is 16.3 Å². The maximum Gasteiger partial charge on any atom is 0.312 e. The number of carboxylic acids is 1. The third-order valence-electron chi connectivity index (χ3n) is 3.18. The molecule has 1 atom stereocenters. The van der Waals surface area contributed by atoms with Gasteiger partial charge < -0.3 is 9.84 Å². The third-order valence-corrected chi connectivity index (χ3v) is 4.53. The molecule has 0 aliphatic carbocycles. The molecule has 0 amide bonds. The molecule has 5 heteroatoms. The molecule has 0 spiro atoms. The monoisotopic (exact) mass is 338 g/mol. The van der Waals surface area contributed by atoms with E-state index in [2.05, 4.69) is 13.8 Å². The van der Waals surface area contributed by atoms with Gasteiger partial charge in [-0.25, -0.2) is 0 Å². The fraction of sp³-hybridized carbons (Fsp3) is 0.353. The Morgan fingerprint density at radius 3 is 2.41 bits per heavy atom. The highest BCUT2D eigenvalue weighted by Gasteiger charge is 2.22. The van der Waals surface area contributed by atoms with E-state index in [1.54, 1.807) is 12.1 Å². The van der Waals surface area contributed by atoms with Crippen LogP contribution in [0, 0.1) is 5.92 Å². The topological polar surface area (TPSA) is 46.5 Å². The van der Waals surface area contributed by atoms with E-state index in [-0.39, 0.29) is 0 Å². The lowest BCUT2D eigenvalue weighted by atomic mass is 9.98. The predicted molar refractivity (Wildman–Crippen MR) is 90.2 cm³/mol. The van der Waals surface area contributed by atoms with E-state index in [0.717, 1.165) is 16.2 Å². The van der Waals surface area contributed by atoms with Crippen molar-refractivity contribution in [2.24, 2.45) is 5.92 Å². The second-order valence-corrected chi connectivity index (χ2v) is 7.33. The van der Waals surface area contributed by atoms with Gasteiger partial charge in [-0.15, -0.1) is 11.3 Å². The van der Waals surface area contributed by atoms with Gasteiger partial charge in [0.2, 0.25) is 0 Å². The van der Waals surface area contributed by atoms with Crippen LogP contribution in [0.2, 0.25) is 4.34 Å². The Kier molecular flexibility index (Phi) is 5.86. The Labute approximate surface area is 139 Å². The molecule has 0 radical (unpaired) electrons. The average molecular weight is 339 g/mol. The molecule has 0 aliphatic heterocycles. The van der Waals surface area contributed by atoms with Crippen molar-refractivity contribution in [2.75, 3.05) is 6.61 Å².